The summed E-state index contributed by atoms with van der Waals surface area (Å²) < 4.78 is 10.4. The summed E-state index contributed by atoms with van der Waals surface area (Å²) in [4.78, 5) is 37.8. The molecule has 1 atom stereocenters. The highest BCUT2D eigenvalue weighted by atomic mass is 16.6. The van der Waals surface area contributed by atoms with Gasteiger partial charge in [-0.25, -0.2) is 9.59 Å². The molecule has 0 saturated carbocycles. The van der Waals surface area contributed by atoms with Crippen LogP contribution in [0.5, 0.6) is 0 Å². The number of amides is 2. The van der Waals surface area contributed by atoms with Gasteiger partial charge in [0.2, 0.25) is 5.91 Å². The van der Waals surface area contributed by atoms with Crippen molar-refractivity contribution in [3.05, 3.63) is 35.9 Å². The molecule has 1 aliphatic rings. The Labute approximate surface area is 153 Å². The number of hydrogen-bond acceptors (Lipinski definition) is 5. The molecule has 1 saturated heterocycles. The monoisotopic (exact) mass is 362 g/mol. The van der Waals surface area contributed by atoms with Crippen LogP contribution in [0, 0.1) is 0 Å². The van der Waals surface area contributed by atoms with Crippen molar-refractivity contribution < 1.29 is 23.9 Å². The van der Waals surface area contributed by atoms with Crippen LogP contribution in [0.25, 0.3) is 0 Å². The van der Waals surface area contributed by atoms with Crippen molar-refractivity contribution in [1.29, 1.82) is 0 Å². The second-order valence-corrected chi connectivity index (χ2v) is 7.19. The van der Waals surface area contributed by atoms with Gasteiger partial charge in [0.15, 0.2) is 0 Å². The van der Waals surface area contributed by atoms with Crippen LogP contribution in [0.4, 0.5) is 4.79 Å². The molecular weight excluding hydrogens is 336 g/mol. The first kappa shape index (κ1) is 19.8. The Balaban J connectivity index is 1.83. The molecule has 1 N–H and O–H groups in total. The first-order chi connectivity index (χ1) is 12.3. The highest BCUT2D eigenvalue weighted by Crippen LogP contribution is 2.19. The fraction of sp³-hybridized carbons (Fsp3) is 0.526. The van der Waals surface area contributed by atoms with Gasteiger partial charge >= 0.3 is 12.1 Å². The Morgan fingerprint density at radius 3 is 2.54 bits per heavy atom. The van der Waals surface area contributed by atoms with Crippen LogP contribution in [-0.4, -0.2) is 47.6 Å². The van der Waals surface area contributed by atoms with E-state index in [0.717, 1.165) is 12.0 Å². The molecule has 0 aromatic heterocycles. The van der Waals surface area contributed by atoms with Gasteiger partial charge in [-0.2, -0.15) is 0 Å². The third-order valence-electron chi connectivity index (χ3n) is 3.85. The van der Waals surface area contributed by atoms with E-state index < -0.39 is 23.7 Å². The zero-order chi connectivity index (χ0) is 19.2. The largest absolute Gasteiger partial charge is 0.459 e. The van der Waals surface area contributed by atoms with Crippen molar-refractivity contribution in [3.63, 3.8) is 0 Å². The molecule has 26 heavy (non-hydrogen) atoms. The fourth-order valence-corrected chi connectivity index (χ4v) is 2.70. The van der Waals surface area contributed by atoms with Gasteiger partial charge in [0.25, 0.3) is 0 Å². The normalized spacial score (nSPS) is 16.9. The van der Waals surface area contributed by atoms with Crippen molar-refractivity contribution in [2.45, 2.75) is 51.9 Å². The molecule has 0 bridgehead atoms. The van der Waals surface area contributed by atoms with Gasteiger partial charge in [0.1, 0.15) is 24.8 Å². The van der Waals surface area contributed by atoms with Crippen molar-refractivity contribution in [3.8, 4) is 0 Å². The number of carbonyl (C=O) groups is 3. The smallest absolute Gasteiger partial charge is 0.408 e. The molecule has 1 fully saturated rings. The molecule has 0 aliphatic carbocycles. The summed E-state index contributed by atoms with van der Waals surface area (Å²) in [7, 11) is 0. The third-order valence-corrected chi connectivity index (χ3v) is 3.85. The number of ether oxygens (including phenoxy) is 2. The van der Waals surface area contributed by atoms with Crippen LogP contribution in [-0.2, 0) is 25.7 Å². The quantitative estimate of drug-likeness (QED) is 0.812. The predicted molar refractivity (Wildman–Crippen MR) is 95.2 cm³/mol. The van der Waals surface area contributed by atoms with Gasteiger partial charge in [-0.1, -0.05) is 30.3 Å². The number of carbonyl (C=O) groups excluding carboxylic acids is 3. The van der Waals surface area contributed by atoms with Gasteiger partial charge in [-0.15, -0.1) is 0 Å². The third kappa shape index (κ3) is 6.06. The van der Waals surface area contributed by atoms with Crippen LogP contribution in [0.1, 0.15) is 39.2 Å². The summed E-state index contributed by atoms with van der Waals surface area (Å²) in [5, 5.41) is 2.43. The van der Waals surface area contributed by atoms with E-state index in [4.69, 9.17) is 9.47 Å². The molecule has 2 amide bonds. The summed E-state index contributed by atoms with van der Waals surface area (Å²) >= 11 is 0. The summed E-state index contributed by atoms with van der Waals surface area (Å²) in [6, 6.07) is 8.77. The van der Waals surface area contributed by atoms with Crippen LogP contribution in [0.3, 0.4) is 0 Å². The standard InChI is InChI=1S/C19H26N2O5/c1-19(2,3)26-18(24)20-12-16(22)21-11-7-10-15(21)17(23)25-13-14-8-5-4-6-9-14/h4-6,8-9,15H,7,10-13H2,1-3H3,(H,20,24)/t15-/m0/s1. The van der Waals surface area contributed by atoms with Crippen LogP contribution >= 0.6 is 0 Å². The summed E-state index contributed by atoms with van der Waals surface area (Å²) in [6.07, 6.45) is 0.628. The number of hydrogen-bond donors (Lipinski definition) is 1. The van der Waals surface area contributed by atoms with Gasteiger partial charge < -0.3 is 19.7 Å². The number of alkyl carbamates (subject to hydrolysis) is 1. The SMILES string of the molecule is CC(C)(C)OC(=O)NCC(=O)N1CCC[C@H]1C(=O)OCc1ccccc1. The lowest BCUT2D eigenvalue weighted by molar-refractivity contribution is -0.154. The topological polar surface area (TPSA) is 84.9 Å². The average Bonchev–Trinajstić information content (AvgIpc) is 3.07. The van der Waals surface area contributed by atoms with Crippen LogP contribution in [0.15, 0.2) is 30.3 Å². The number of nitrogens with zero attached hydrogens (tertiary/aromatic N) is 1. The van der Waals surface area contributed by atoms with Crippen LogP contribution in [0.2, 0.25) is 0 Å². The highest BCUT2D eigenvalue weighted by molar-refractivity contribution is 5.87. The maximum absolute atomic E-state index is 12.4. The van der Waals surface area contributed by atoms with E-state index in [1.165, 1.54) is 4.90 Å². The van der Waals surface area contributed by atoms with E-state index in [9.17, 15) is 14.4 Å². The molecule has 142 valence electrons. The highest BCUT2D eigenvalue weighted by Gasteiger charge is 2.35. The molecule has 2 rings (SSSR count). The van der Waals surface area contributed by atoms with Crippen molar-refractivity contribution in [2.24, 2.45) is 0 Å². The molecule has 7 nitrogen and oxygen atoms in total. The summed E-state index contributed by atoms with van der Waals surface area (Å²) in [6.45, 7) is 5.67. The minimum Gasteiger partial charge on any atom is -0.459 e. The molecule has 1 heterocycles. The number of rotatable bonds is 5. The minimum absolute atomic E-state index is 0.175. The van der Waals surface area contributed by atoms with Crippen molar-refractivity contribution >= 4 is 18.0 Å². The average molecular weight is 362 g/mol. The van der Waals surface area contributed by atoms with Gasteiger partial charge in [-0.3, -0.25) is 4.79 Å². The zero-order valence-electron chi connectivity index (χ0n) is 15.5. The Bertz CT molecular complexity index is 639. The number of likely N-dealkylation sites (tertiary alicyclic amines) is 1. The lowest BCUT2D eigenvalue weighted by Crippen LogP contribution is -2.46. The zero-order valence-corrected chi connectivity index (χ0v) is 15.5. The molecule has 0 unspecified atom stereocenters. The molecule has 7 heteroatoms. The second-order valence-electron chi connectivity index (χ2n) is 7.19. The van der Waals surface area contributed by atoms with Crippen molar-refractivity contribution in [2.75, 3.05) is 13.1 Å². The minimum atomic E-state index is -0.659. The first-order valence-electron chi connectivity index (χ1n) is 8.73. The van der Waals surface area contributed by atoms with E-state index in [0.29, 0.717) is 13.0 Å². The molecule has 1 aromatic carbocycles. The summed E-state index contributed by atoms with van der Waals surface area (Å²) in [5.74, 6) is -0.744. The maximum atomic E-state index is 12.4. The van der Waals surface area contributed by atoms with E-state index >= 15 is 0 Å². The Hall–Kier alpha value is -2.57. The summed E-state index contributed by atoms with van der Waals surface area (Å²) in [5.41, 5.74) is 0.258. The number of nitrogens with one attached hydrogen (secondary N) is 1. The maximum Gasteiger partial charge on any atom is 0.408 e. The van der Waals surface area contributed by atoms with E-state index in [1.807, 2.05) is 30.3 Å². The first-order valence-corrected chi connectivity index (χ1v) is 8.73. The lowest BCUT2D eigenvalue weighted by Gasteiger charge is -2.24. The molecule has 1 aromatic rings. The predicted octanol–water partition coefficient (Wildman–Crippen LogP) is 2.25. The second kappa shape index (κ2) is 8.69. The molecule has 0 radical (unpaired) electrons. The Morgan fingerprint density at radius 2 is 1.88 bits per heavy atom. The van der Waals surface area contributed by atoms with Gasteiger partial charge in [-0.05, 0) is 39.2 Å². The molecular formula is C19H26N2O5. The molecule has 1 aliphatic heterocycles. The van der Waals surface area contributed by atoms with E-state index in [2.05, 4.69) is 5.32 Å². The van der Waals surface area contributed by atoms with E-state index in [-0.39, 0.29) is 19.1 Å². The lowest BCUT2D eigenvalue weighted by atomic mass is 10.2. The fourth-order valence-electron chi connectivity index (χ4n) is 2.70. The van der Waals surface area contributed by atoms with Gasteiger partial charge in [0, 0.05) is 6.54 Å². The molecule has 0 spiro atoms. The number of esters is 1. The van der Waals surface area contributed by atoms with E-state index in [1.54, 1.807) is 20.8 Å². The Morgan fingerprint density at radius 1 is 1.19 bits per heavy atom. The van der Waals surface area contributed by atoms with Gasteiger partial charge in [0.05, 0.1) is 0 Å². The van der Waals surface area contributed by atoms with Crippen molar-refractivity contribution in [1.82, 2.24) is 10.2 Å². The van der Waals surface area contributed by atoms with Crippen LogP contribution < -0.4 is 5.32 Å². The number of benzene rings is 1. The Kier molecular flexibility index (Phi) is 6.60.